The molecule has 0 bridgehead atoms. The molecule has 0 heterocycles. The van der Waals surface area contributed by atoms with Gasteiger partial charge in [-0.25, -0.2) is 17.6 Å². The van der Waals surface area contributed by atoms with Gasteiger partial charge in [0.2, 0.25) is 0 Å². The van der Waals surface area contributed by atoms with Gasteiger partial charge in [0.1, 0.15) is 10.7 Å². The Bertz CT molecular complexity index is 523. The number of benzene rings is 1. The highest BCUT2D eigenvalue weighted by Crippen LogP contribution is 2.23. The van der Waals surface area contributed by atoms with Crippen LogP contribution in [0.25, 0.3) is 0 Å². The van der Waals surface area contributed by atoms with Gasteiger partial charge in [-0.1, -0.05) is 12.1 Å². The number of aliphatic hydroxyl groups excluding tert-OH is 1. The lowest BCUT2D eigenvalue weighted by Crippen LogP contribution is -2.14. The van der Waals surface area contributed by atoms with E-state index in [4.69, 9.17) is 10.2 Å². The fraction of sp³-hybridized carbons (Fsp3) is 0.222. The molecule has 0 saturated heterocycles. The van der Waals surface area contributed by atoms with Crippen molar-refractivity contribution in [2.45, 2.75) is 11.0 Å². The zero-order valence-electron chi connectivity index (χ0n) is 8.21. The van der Waals surface area contributed by atoms with Crippen LogP contribution in [0.2, 0.25) is 0 Å². The average Bonchev–Trinajstić information content (AvgIpc) is 2.15. The molecular formula is C9H9FO5S. The van der Waals surface area contributed by atoms with Gasteiger partial charge in [0.05, 0.1) is 0 Å². The molecule has 7 heteroatoms. The lowest BCUT2D eigenvalue weighted by atomic mass is 10.1. The first-order chi connectivity index (χ1) is 7.25. The van der Waals surface area contributed by atoms with E-state index in [0.717, 1.165) is 18.4 Å². The van der Waals surface area contributed by atoms with Gasteiger partial charge >= 0.3 is 5.97 Å². The van der Waals surface area contributed by atoms with E-state index in [2.05, 4.69) is 0 Å². The van der Waals surface area contributed by atoms with Crippen molar-refractivity contribution >= 4 is 15.8 Å². The van der Waals surface area contributed by atoms with Crippen LogP contribution in [-0.2, 0) is 14.6 Å². The normalized spacial score (nSPS) is 13.4. The van der Waals surface area contributed by atoms with Crippen LogP contribution in [0.1, 0.15) is 11.7 Å². The number of carboxylic acid groups (broad SMARTS) is 1. The molecule has 0 aromatic heterocycles. The van der Waals surface area contributed by atoms with E-state index in [-0.39, 0.29) is 0 Å². The minimum Gasteiger partial charge on any atom is -0.479 e. The molecule has 1 unspecified atom stereocenters. The zero-order chi connectivity index (χ0) is 12.5. The summed E-state index contributed by atoms with van der Waals surface area (Å²) in [5, 5.41) is 17.6. The highest BCUT2D eigenvalue weighted by atomic mass is 32.2. The fourth-order valence-corrected chi connectivity index (χ4v) is 1.93. The summed E-state index contributed by atoms with van der Waals surface area (Å²) >= 11 is 0. The minimum absolute atomic E-state index is 0.574. The van der Waals surface area contributed by atoms with Crippen LogP contribution >= 0.6 is 0 Å². The van der Waals surface area contributed by atoms with Gasteiger partial charge in [0, 0.05) is 11.8 Å². The highest BCUT2D eigenvalue weighted by Gasteiger charge is 2.24. The average molecular weight is 248 g/mol. The van der Waals surface area contributed by atoms with Crippen molar-refractivity contribution in [3.8, 4) is 0 Å². The molecule has 0 aliphatic heterocycles. The Hall–Kier alpha value is -1.47. The van der Waals surface area contributed by atoms with Gasteiger partial charge in [-0.05, 0) is 6.07 Å². The largest absolute Gasteiger partial charge is 0.479 e. The SMILES string of the molecule is CS(=O)(=O)c1cccc(C(O)C(=O)O)c1F. The number of hydrogen-bond donors (Lipinski definition) is 2. The van der Waals surface area contributed by atoms with Crippen molar-refractivity contribution in [2.24, 2.45) is 0 Å². The summed E-state index contributed by atoms with van der Waals surface area (Å²) in [4.78, 5) is 9.81. The summed E-state index contributed by atoms with van der Waals surface area (Å²) in [6, 6.07) is 3.19. The van der Waals surface area contributed by atoms with E-state index in [1.807, 2.05) is 0 Å². The standard InChI is InChI=1S/C9H9FO5S/c1-16(14,15)6-4-2-3-5(7(6)10)8(11)9(12)13/h2-4,8,11H,1H3,(H,12,13). The van der Waals surface area contributed by atoms with Gasteiger partial charge in [0.15, 0.2) is 15.9 Å². The highest BCUT2D eigenvalue weighted by molar-refractivity contribution is 7.90. The number of hydrogen-bond acceptors (Lipinski definition) is 4. The topological polar surface area (TPSA) is 91.7 Å². The summed E-state index contributed by atoms with van der Waals surface area (Å²) in [6.45, 7) is 0. The number of halogens is 1. The molecular weight excluding hydrogens is 239 g/mol. The molecule has 0 fully saturated rings. The molecule has 0 saturated carbocycles. The molecule has 2 N–H and O–H groups in total. The molecule has 1 aromatic carbocycles. The Kier molecular flexibility index (Phi) is 3.30. The molecule has 0 aliphatic carbocycles. The molecule has 1 rings (SSSR count). The third-order valence-electron chi connectivity index (χ3n) is 1.92. The maximum absolute atomic E-state index is 13.6. The van der Waals surface area contributed by atoms with Gasteiger partial charge in [0.25, 0.3) is 0 Å². The summed E-state index contributed by atoms with van der Waals surface area (Å²) < 4.78 is 35.8. The second-order valence-electron chi connectivity index (χ2n) is 3.17. The van der Waals surface area contributed by atoms with Crippen LogP contribution in [0.5, 0.6) is 0 Å². The Balaban J connectivity index is 3.41. The first kappa shape index (κ1) is 12.6. The van der Waals surface area contributed by atoms with E-state index < -0.39 is 38.2 Å². The number of aliphatic carboxylic acids is 1. The molecule has 0 spiro atoms. The third-order valence-corrected chi connectivity index (χ3v) is 3.04. The monoisotopic (exact) mass is 248 g/mol. The third kappa shape index (κ3) is 2.37. The Labute approximate surface area is 91.1 Å². The van der Waals surface area contributed by atoms with Crippen LogP contribution in [-0.4, -0.2) is 30.9 Å². The van der Waals surface area contributed by atoms with E-state index in [9.17, 15) is 17.6 Å². The Morgan fingerprint density at radius 2 is 2.00 bits per heavy atom. The number of sulfone groups is 1. The molecule has 16 heavy (non-hydrogen) atoms. The first-order valence-corrected chi connectivity index (χ1v) is 6.03. The summed E-state index contributed by atoms with van der Waals surface area (Å²) in [5.41, 5.74) is -0.574. The van der Waals surface area contributed by atoms with Crippen molar-refractivity contribution in [2.75, 3.05) is 6.26 Å². The van der Waals surface area contributed by atoms with Crippen LogP contribution in [0.4, 0.5) is 4.39 Å². The van der Waals surface area contributed by atoms with Gasteiger partial charge in [-0.15, -0.1) is 0 Å². The predicted molar refractivity (Wildman–Crippen MR) is 52.1 cm³/mol. The van der Waals surface area contributed by atoms with E-state index in [0.29, 0.717) is 0 Å². The number of carboxylic acids is 1. The zero-order valence-corrected chi connectivity index (χ0v) is 9.03. The maximum atomic E-state index is 13.6. The van der Waals surface area contributed by atoms with E-state index in [1.165, 1.54) is 6.07 Å². The molecule has 1 aromatic rings. The lowest BCUT2D eigenvalue weighted by molar-refractivity contribution is -0.147. The van der Waals surface area contributed by atoms with Crippen LogP contribution < -0.4 is 0 Å². The summed E-state index contributed by atoms with van der Waals surface area (Å²) in [6.07, 6.45) is -1.29. The quantitative estimate of drug-likeness (QED) is 0.805. The van der Waals surface area contributed by atoms with Crippen LogP contribution in [0.3, 0.4) is 0 Å². The summed E-state index contributed by atoms with van der Waals surface area (Å²) in [5.74, 6) is -2.88. The molecule has 0 radical (unpaired) electrons. The smallest absolute Gasteiger partial charge is 0.337 e. The van der Waals surface area contributed by atoms with Crippen molar-refractivity contribution in [1.29, 1.82) is 0 Å². The van der Waals surface area contributed by atoms with Gasteiger partial charge < -0.3 is 10.2 Å². The van der Waals surface area contributed by atoms with Crippen LogP contribution in [0, 0.1) is 5.82 Å². The maximum Gasteiger partial charge on any atom is 0.337 e. The molecule has 0 aliphatic rings. The van der Waals surface area contributed by atoms with Crippen molar-refractivity contribution in [3.63, 3.8) is 0 Å². The van der Waals surface area contributed by atoms with Gasteiger partial charge in [-0.2, -0.15) is 0 Å². The number of aliphatic hydroxyl groups is 1. The van der Waals surface area contributed by atoms with Crippen LogP contribution in [0.15, 0.2) is 23.1 Å². The second-order valence-corrected chi connectivity index (χ2v) is 5.16. The number of rotatable bonds is 3. The summed E-state index contributed by atoms with van der Waals surface area (Å²) in [7, 11) is -3.79. The van der Waals surface area contributed by atoms with Crippen molar-refractivity contribution in [3.05, 3.63) is 29.6 Å². The van der Waals surface area contributed by atoms with Gasteiger partial charge in [-0.3, -0.25) is 0 Å². The Morgan fingerprint density at radius 1 is 1.44 bits per heavy atom. The predicted octanol–water partition coefficient (Wildman–Crippen LogP) is 0.347. The van der Waals surface area contributed by atoms with E-state index in [1.54, 1.807) is 0 Å². The molecule has 5 nitrogen and oxygen atoms in total. The van der Waals surface area contributed by atoms with Crippen molar-refractivity contribution in [1.82, 2.24) is 0 Å². The first-order valence-electron chi connectivity index (χ1n) is 4.14. The molecule has 0 amide bonds. The van der Waals surface area contributed by atoms with E-state index >= 15 is 0 Å². The second kappa shape index (κ2) is 4.18. The fourth-order valence-electron chi connectivity index (χ4n) is 1.16. The molecule has 88 valence electrons. The van der Waals surface area contributed by atoms with Crippen molar-refractivity contribution < 1.29 is 27.8 Å². The molecule has 1 atom stereocenters. The number of carbonyl (C=O) groups is 1. The Morgan fingerprint density at radius 3 is 2.44 bits per heavy atom. The lowest BCUT2D eigenvalue weighted by Gasteiger charge is -2.09. The minimum atomic E-state index is -3.79.